The highest BCUT2D eigenvalue weighted by molar-refractivity contribution is 5.94. The molecule has 1 fully saturated rings. The van der Waals surface area contributed by atoms with Crippen molar-refractivity contribution in [3.63, 3.8) is 0 Å². The molecule has 19 heavy (non-hydrogen) atoms. The van der Waals surface area contributed by atoms with Crippen molar-refractivity contribution in [3.05, 3.63) is 35.4 Å². The highest BCUT2D eigenvalue weighted by Gasteiger charge is 2.28. The quantitative estimate of drug-likeness (QED) is 0.893. The number of piperidine rings is 1. The molecule has 2 N–H and O–H groups in total. The minimum absolute atomic E-state index is 0.110. The standard InChI is InChI=1S/C14H18F2N2O/c1-2-9-8-18(6-5-13(9)17)14(19)10-3-4-11(15)12(16)7-10/h3-4,7,9,13H,2,5-6,8,17H2,1H3. The van der Waals surface area contributed by atoms with Gasteiger partial charge < -0.3 is 10.6 Å². The number of carbonyl (C=O) groups excluding carboxylic acids is 1. The molecule has 1 aromatic carbocycles. The lowest BCUT2D eigenvalue weighted by Gasteiger charge is -2.36. The van der Waals surface area contributed by atoms with Crippen molar-refractivity contribution >= 4 is 5.91 Å². The number of halogens is 2. The number of likely N-dealkylation sites (tertiary alicyclic amines) is 1. The number of rotatable bonds is 2. The van der Waals surface area contributed by atoms with Gasteiger partial charge in [0.1, 0.15) is 0 Å². The number of amides is 1. The molecule has 1 aliphatic rings. The molecule has 104 valence electrons. The fraction of sp³-hybridized carbons (Fsp3) is 0.500. The van der Waals surface area contributed by atoms with Crippen LogP contribution >= 0.6 is 0 Å². The Balaban J connectivity index is 2.13. The zero-order valence-corrected chi connectivity index (χ0v) is 10.9. The molecule has 1 aromatic rings. The van der Waals surface area contributed by atoms with E-state index in [1.165, 1.54) is 6.07 Å². The van der Waals surface area contributed by atoms with Crippen LogP contribution in [0.15, 0.2) is 18.2 Å². The molecule has 1 saturated heterocycles. The van der Waals surface area contributed by atoms with Crippen molar-refractivity contribution in [2.45, 2.75) is 25.8 Å². The van der Waals surface area contributed by atoms with Gasteiger partial charge in [-0.1, -0.05) is 13.3 Å². The summed E-state index contributed by atoms with van der Waals surface area (Å²) < 4.78 is 26.0. The summed E-state index contributed by atoms with van der Waals surface area (Å²) in [5, 5.41) is 0. The second-order valence-corrected chi connectivity index (χ2v) is 5.00. The summed E-state index contributed by atoms with van der Waals surface area (Å²) in [5.41, 5.74) is 6.17. The van der Waals surface area contributed by atoms with Crippen LogP contribution in [-0.2, 0) is 0 Å². The van der Waals surface area contributed by atoms with Crippen molar-refractivity contribution in [1.82, 2.24) is 4.90 Å². The maximum absolute atomic E-state index is 13.1. The molecular weight excluding hydrogens is 250 g/mol. The van der Waals surface area contributed by atoms with Gasteiger partial charge in [0.05, 0.1) is 0 Å². The van der Waals surface area contributed by atoms with Crippen LogP contribution in [0.1, 0.15) is 30.1 Å². The molecule has 0 aliphatic carbocycles. The van der Waals surface area contributed by atoms with Crippen molar-refractivity contribution < 1.29 is 13.6 Å². The fourth-order valence-electron chi connectivity index (χ4n) is 2.48. The lowest BCUT2D eigenvalue weighted by atomic mass is 9.90. The van der Waals surface area contributed by atoms with Crippen LogP contribution in [-0.4, -0.2) is 29.9 Å². The Labute approximate surface area is 111 Å². The second-order valence-electron chi connectivity index (χ2n) is 5.00. The Morgan fingerprint density at radius 2 is 2.16 bits per heavy atom. The molecule has 0 aromatic heterocycles. The molecule has 2 rings (SSSR count). The topological polar surface area (TPSA) is 46.3 Å². The Hall–Kier alpha value is -1.49. The molecule has 2 unspecified atom stereocenters. The average Bonchev–Trinajstić information content (AvgIpc) is 2.41. The number of nitrogens with two attached hydrogens (primary N) is 1. The molecule has 1 amide bonds. The zero-order chi connectivity index (χ0) is 14.0. The molecule has 5 heteroatoms. The van der Waals surface area contributed by atoms with E-state index in [0.717, 1.165) is 25.0 Å². The third kappa shape index (κ3) is 2.92. The van der Waals surface area contributed by atoms with E-state index in [1.807, 2.05) is 6.92 Å². The lowest BCUT2D eigenvalue weighted by Crippen LogP contribution is -2.49. The molecule has 2 atom stereocenters. The highest BCUT2D eigenvalue weighted by atomic mass is 19.2. The van der Waals surface area contributed by atoms with Crippen LogP contribution < -0.4 is 5.73 Å². The van der Waals surface area contributed by atoms with E-state index < -0.39 is 11.6 Å². The summed E-state index contributed by atoms with van der Waals surface area (Å²) in [7, 11) is 0. The van der Waals surface area contributed by atoms with Crippen LogP contribution in [0.2, 0.25) is 0 Å². The Bertz CT molecular complexity index is 479. The first-order chi connectivity index (χ1) is 9.02. The maximum Gasteiger partial charge on any atom is 0.253 e. The van der Waals surface area contributed by atoms with Crippen LogP contribution in [0.25, 0.3) is 0 Å². The number of nitrogens with zero attached hydrogens (tertiary/aromatic N) is 1. The van der Waals surface area contributed by atoms with Crippen LogP contribution in [0.4, 0.5) is 8.78 Å². The van der Waals surface area contributed by atoms with Crippen molar-refractivity contribution in [3.8, 4) is 0 Å². The van der Waals surface area contributed by atoms with Gasteiger partial charge in [-0.2, -0.15) is 0 Å². The lowest BCUT2D eigenvalue weighted by molar-refractivity contribution is 0.0648. The average molecular weight is 268 g/mol. The zero-order valence-electron chi connectivity index (χ0n) is 10.9. The van der Waals surface area contributed by atoms with Crippen molar-refractivity contribution in [1.29, 1.82) is 0 Å². The van der Waals surface area contributed by atoms with Gasteiger partial charge in [-0.05, 0) is 30.5 Å². The molecule has 0 saturated carbocycles. The van der Waals surface area contributed by atoms with Gasteiger partial charge in [-0.25, -0.2) is 8.78 Å². The predicted octanol–water partition coefficient (Wildman–Crippen LogP) is 2.16. The van der Waals surface area contributed by atoms with E-state index >= 15 is 0 Å². The summed E-state index contributed by atoms with van der Waals surface area (Å²) in [6.45, 7) is 3.18. The Morgan fingerprint density at radius 3 is 2.79 bits per heavy atom. The maximum atomic E-state index is 13.1. The van der Waals surface area contributed by atoms with Gasteiger partial charge in [0.25, 0.3) is 5.91 Å². The van der Waals surface area contributed by atoms with Gasteiger partial charge in [0, 0.05) is 24.7 Å². The van der Waals surface area contributed by atoms with Gasteiger partial charge in [0.15, 0.2) is 11.6 Å². The molecule has 3 nitrogen and oxygen atoms in total. The van der Waals surface area contributed by atoms with E-state index in [0.29, 0.717) is 13.1 Å². The number of hydrogen-bond donors (Lipinski definition) is 1. The van der Waals surface area contributed by atoms with Crippen molar-refractivity contribution in [2.24, 2.45) is 11.7 Å². The smallest absolute Gasteiger partial charge is 0.253 e. The Kier molecular flexibility index (Phi) is 4.14. The molecular formula is C14H18F2N2O. The first-order valence-corrected chi connectivity index (χ1v) is 6.52. The first-order valence-electron chi connectivity index (χ1n) is 6.52. The van der Waals surface area contributed by atoms with Gasteiger partial charge in [0.2, 0.25) is 0 Å². The minimum atomic E-state index is -0.994. The highest BCUT2D eigenvalue weighted by Crippen LogP contribution is 2.21. The fourth-order valence-corrected chi connectivity index (χ4v) is 2.48. The second kappa shape index (κ2) is 5.65. The monoisotopic (exact) mass is 268 g/mol. The normalized spacial score (nSPS) is 23.5. The van der Waals surface area contributed by atoms with E-state index in [-0.39, 0.29) is 23.4 Å². The summed E-state index contributed by atoms with van der Waals surface area (Å²) in [5.74, 6) is -1.93. The van der Waals surface area contributed by atoms with Crippen LogP contribution in [0, 0.1) is 17.6 Å². The van der Waals surface area contributed by atoms with E-state index in [9.17, 15) is 13.6 Å². The minimum Gasteiger partial charge on any atom is -0.338 e. The third-order valence-electron chi connectivity index (χ3n) is 3.77. The molecule has 0 spiro atoms. The summed E-state index contributed by atoms with van der Waals surface area (Å²) in [4.78, 5) is 13.9. The third-order valence-corrected chi connectivity index (χ3v) is 3.77. The van der Waals surface area contributed by atoms with E-state index in [2.05, 4.69) is 0 Å². The molecule has 0 bridgehead atoms. The van der Waals surface area contributed by atoms with E-state index in [4.69, 9.17) is 5.73 Å². The van der Waals surface area contributed by atoms with Gasteiger partial charge >= 0.3 is 0 Å². The summed E-state index contributed by atoms with van der Waals surface area (Å²) in [6, 6.07) is 3.36. The van der Waals surface area contributed by atoms with E-state index in [1.54, 1.807) is 4.90 Å². The number of benzene rings is 1. The predicted molar refractivity (Wildman–Crippen MR) is 68.6 cm³/mol. The summed E-state index contributed by atoms with van der Waals surface area (Å²) in [6.07, 6.45) is 1.65. The van der Waals surface area contributed by atoms with Crippen LogP contribution in [0.5, 0.6) is 0 Å². The van der Waals surface area contributed by atoms with Crippen LogP contribution in [0.3, 0.4) is 0 Å². The first kappa shape index (κ1) is 13.9. The number of carbonyl (C=O) groups is 1. The van der Waals surface area contributed by atoms with Crippen molar-refractivity contribution in [2.75, 3.05) is 13.1 Å². The van der Waals surface area contributed by atoms with Gasteiger partial charge in [-0.3, -0.25) is 4.79 Å². The largest absolute Gasteiger partial charge is 0.338 e. The Morgan fingerprint density at radius 1 is 1.42 bits per heavy atom. The SMILES string of the molecule is CCC1CN(C(=O)c2ccc(F)c(F)c2)CCC1N. The molecule has 1 aliphatic heterocycles. The molecule has 1 heterocycles. The van der Waals surface area contributed by atoms with Gasteiger partial charge in [-0.15, -0.1) is 0 Å². The molecule has 0 radical (unpaired) electrons. The number of hydrogen-bond acceptors (Lipinski definition) is 2. The summed E-state index contributed by atoms with van der Waals surface area (Å²) >= 11 is 0.